The molecule has 0 saturated heterocycles. The Kier molecular flexibility index (Phi) is 1.94. The number of carbonyl (C=O) groups is 1. The minimum atomic E-state index is 0.0885. The summed E-state index contributed by atoms with van der Waals surface area (Å²) in [5.74, 6) is 0.0885. The predicted octanol–water partition coefficient (Wildman–Crippen LogP) is 1.82. The minimum Gasteiger partial charge on any atom is -0.507 e. The highest BCUT2D eigenvalue weighted by Crippen LogP contribution is 2.21. The lowest BCUT2D eigenvalue weighted by atomic mass is 10.1. The first-order chi connectivity index (χ1) is 5.15. The largest absolute Gasteiger partial charge is 0.507 e. The van der Waals surface area contributed by atoms with Crippen LogP contribution in [0.2, 0.25) is 0 Å². The van der Waals surface area contributed by atoms with Crippen LogP contribution in [-0.4, -0.2) is 11.4 Å². The Labute approximate surface area is 65.5 Å². The van der Waals surface area contributed by atoms with E-state index in [1.165, 1.54) is 0 Å². The van der Waals surface area contributed by atoms with Crippen LogP contribution in [0.25, 0.3) is 0 Å². The second-order valence-corrected chi connectivity index (χ2v) is 2.64. The monoisotopic (exact) mass is 150 g/mol. The molecule has 58 valence electrons. The number of phenols is 1. The number of aldehydes is 1. The third-order valence-corrected chi connectivity index (χ3v) is 1.60. The van der Waals surface area contributed by atoms with Gasteiger partial charge in [0, 0.05) is 0 Å². The van der Waals surface area contributed by atoms with E-state index >= 15 is 0 Å². The molecule has 1 N–H and O–H groups in total. The smallest absolute Gasteiger partial charge is 0.153 e. The van der Waals surface area contributed by atoms with Gasteiger partial charge in [-0.15, -0.1) is 0 Å². The summed E-state index contributed by atoms with van der Waals surface area (Å²) in [5, 5.41) is 9.29. The van der Waals surface area contributed by atoms with Gasteiger partial charge in [-0.1, -0.05) is 6.07 Å². The van der Waals surface area contributed by atoms with Crippen molar-refractivity contribution in [3.63, 3.8) is 0 Å². The average molecular weight is 150 g/mol. The van der Waals surface area contributed by atoms with Gasteiger partial charge < -0.3 is 5.11 Å². The molecule has 2 nitrogen and oxygen atoms in total. The molecule has 0 spiro atoms. The fraction of sp³-hybridized carbons (Fsp3) is 0.222. The molecule has 1 rings (SSSR count). The van der Waals surface area contributed by atoms with Gasteiger partial charge in [0.15, 0.2) is 6.29 Å². The van der Waals surface area contributed by atoms with E-state index in [0.717, 1.165) is 11.1 Å². The highest BCUT2D eigenvalue weighted by Gasteiger charge is 2.02. The Morgan fingerprint density at radius 3 is 2.55 bits per heavy atom. The Balaban J connectivity index is 3.35. The van der Waals surface area contributed by atoms with Gasteiger partial charge in [0.05, 0.1) is 5.56 Å². The lowest BCUT2D eigenvalue weighted by Crippen LogP contribution is -1.86. The second-order valence-electron chi connectivity index (χ2n) is 2.64. The molecule has 0 atom stereocenters. The quantitative estimate of drug-likeness (QED) is 0.620. The van der Waals surface area contributed by atoms with Crippen molar-refractivity contribution in [1.82, 2.24) is 0 Å². The molecule has 0 aliphatic rings. The van der Waals surface area contributed by atoms with E-state index in [1.54, 1.807) is 13.0 Å². The van der Waals surface area contributed by atoms with Crippen LogP contribution >= 0.6 is 0 Å². The van der Waals surface area contributed by atoms with Crippen LogP contribution in [0.3, 0.4) is 0 Å². The molecule has 11 heavy (non-hydrogen) atoms. The van der Waals surface area contributed by atoms with Gasteiger partial charge >= 0.3 is 0 Å². The van der Waals surface area contributed by atoms with Gasteiger partial charge in [0.25, 0.3) is 0 Å². The zero-order valence-electron chi connectivity index (χ0n) is 6.59. The van der Waals surface area contributed by atoms with Gasteiger partial charge in [-0.25, -0.2) is 0 Å². The van der Waals surface area contributed by atoms with E-state index in [0.29, 0.717) is 11.8 Å². The Morgan fingerprint density at radius 1 is 1.36 bits per heavy atom. The van der Waals surface area contributed by atoms with E-state index < -0.39 is 0 Å². The van der Waals surface area contributed by atoms with Crippen LogP contribution in [0.15, 0.2) is 12.1 Å². The number of hydrogen-bond acceptors (Lipinski definition) is 2. The summed E-state index contributed by atoms with van der Waals surface area (Å²) in [6, 6.07) is 3.50. The van der Waals surface area contributed by atoms with Crippen molar-refractivity contribution in [2.24, 2.45) is 0 Å². The molecule has 0 amide bonds. The summed E-state index contributed by atoms with van der Waals surface area (Å²) in [4.78, 5) is 10.4. The molecule has 2 heteroatoms. The summed E-state index contributed by atoms with van der Waals surface area (Å²) < 4.78 is 0. The molecule has 0 aromatic heterocycles. The Bertz CT molecular complexity index is 290. The van der Waals surface area contributed by atoms with E-state index in [9.17, 15) is 9.90 Å². The van der Waals surface area contributed by atoms with Gasteiger partial charge in [0.2, 0.25) is 0 Å². The zero-order chi connectivity index (χ0) is 8.43. The number of phenolic OH excluding ortho intramolecular Hbond substituents is 1. The van der Waals surface area contributed by atoms with E-state index in [-0.39, 0.29) is 5.75 Å². The van der Waals surface area contributed by atoms with Gasteiger partial charge in [-0.05, 0) is 31.0 Å². The van der Waals surface area contributed by atoms with E-state index in [2.05, 4.69) is 0 Å². The summed E-state index contributed by atoms with van der Waals surface area (Å²) in [6.45, 7) is 3.66. The standard InChI is InChI=1S/C9H10O2/c1-6-3-7(2)9(11)8(4-6)5-10/h3-5,11H,1-2H3. The first-order valence-corrected chi connectivity index (χ1v) is 3.40. The summed E-state index contributed by atoms with van der Waals surface area (Å²) >= 11 is 0. The molecule has 0 aliphatic heterocycles. The number of aryl methyl sites for hydroxylation is 2. The van der Waals surface area contributed by atoms with Crippen LogP contribution in [0.4, 0.5) is 0 Å². The van der Waals surface area contributed by atoms with Crippen molar-refractivity contribution in [1.29, 1.82) is 0 Å². The molecule has 1 aromatic rings. The topological polar surface area (TPSA) is 37.3 Å². The van der Waals surface area contributed by atoms with Crippen LogP contribution in [-0.2, 0) is 0 Å². The maximum Gasteiger partial charge on any atom is 0.153 e. The SMILES string of the molecule is Cc1cc(C)c(O)c(C=O)c1. The van der Waals surface area contributed by atoms with Crippen molar-refractivity contribution in [2.75, 3.05) is 0 Å². The highest BCUT2D eigenvalue weighted by molar-refractivity contribution is 5.80. The Morgan fingerprint density at radius 2 is 2.00 bits per heavy atom. The number of aromatic hydroxyl groups is 1. The van der Waals surface area contributed by atoms with E-state index in [1.807, 2.05) is 13.0 Å². The predicted molar refractivity (Wildman–Crippen MR) is 43.0 cm³/mol. The fourth-order valence-electron chi connectivity index (χ4n) is 1.08. The maximum absolute atomic E-state index is 10.4. The van der Waals surface area contributed by atoms with Crippen LogP contribution in [0.5, 0.6) is 5.75 Å². The maximum atomic E-state index is 10.4. The molecule has 0 aliphatic carbocycles. The van der Waals surface area contributed by atoms with Gasteiger partial charge in [-0.2, -0.15) is 0 Å². The third-order valence-electron chi connectivity index (χ3n) is 1.60. The first-order valence-electron chi connectivity index (χ1n) is 3.40. The number of benzene rings is 1. The number of hydrogen-bond donors (Lipinski definition) is 1. The summed E-state index contributed by atoms with van der Waals surface area (Å²) in [6.07, 6.45) is 0.662. The zero-order valence-corrected chi connectivity index (χ0v) is 6.59. The van der Waals surface area contributed by atoms with E-state index in [4.69, 9.17) is 0 Å². The first kappa shape index (κ1) is 7.79. The molecule has 0 fully saturated rings. The average Bonchev–Trinajstić information content (AvgIpc) is 1.96. The van der Waals surface area contributed by atoms with Crippen LogP contribution in [0, 0.1) is 13.8 Å². The third kappa shape index (κ3) is 1.40. The van der Waals surface area contributed by atoms with Crippen molar-refractivity contribution in [3.05, 3.63) is 28.8 Å². The lowest BCUT2D eigenvalue weighted by molar-refractivity contribution is 0.112. The van der Waals surface area contributed by atoms with Gasteiger partial charge in [0.1, 0.15) is 5.75 Å². The molecule has 0 heterocycles. The Hall–Kier alpha value is -1.31. The highest BCUT2D eigenvalue weighted by atomic mass is 16.3. The fourth-order valence-corrected chi connectivity index (χ4v) is 1.08. The van der Waals surface area contributed by atoms with Crippen molar-refractivity contribution >= 4 is 6.29 Å². The van der Waals surface area contributed by atoms with Crippen LogP contribution < -0.4 is 0 Å². The van der Waals surface area contributed by atoms with Crippen LogP contribution in [0.1, 0.15) is 21.5 Å². The molecule has 0 unspecified atom stereocenters. The molecule has 1 aromatic carbocycles. The van der Waals surface area contributed by atoms with Crippen molar-refractivity contribution in [2.45, 2.75) is 13.8 Å². The summed E-state index contributed by atoms with van der Waals surface area (Å²) in [5.41, 5.74) is 2.09. The minimum absolute atomic E-state index is 0.0885. The normalized spacial score (nSPS) is 9.64. The van der Waals surface area contributed by atoms with Gasteiger partial charge in [-0.3, -0.25) is 4.79 Å². The number of rotatable bonds is 1. The number of carbonyl (C=O) groups excluding carboxylic acids is 1. The van der Waals surface area contributed by atoms with Crippen molar-refractivity contribution in [3.8, 4) is 5.75 Å². The second kappa shape index (κ2) is 2.74. The molecular weight excluding hydrogens is 140 g/mol. The molecule has 0 bridgehead atoms. The van der Waals surface area contributed by atoms with Crippen molar-refractivity contribution < 1.29 is 9.90 Å². The molecule has 0 radical (unpaired) electrons. The molecule has 0 saturated carbocycles. The lowest BCUT2D eigenvalue weighted by Gasteiger charge is -2.02. The molecular formula is C9H10O2. The summed E-state index contributed by atoms with van der Waals surface area (Å²) in [7, 11) is 0.